The van der Waals surface area contributed by atoms with Gasteiger partial charge in [-0.2, -0.15) is 4.21 Å². The summed E-state index contributed by atoms with van der Waals surface area (Å²) in [4.78, 5) is 0. The van der Waals surface area contributed by atoms with Crippen LogP contribution >= 0.6 is 0 Å². The molecule has 3 heteroatoms. The molecule has 1 heterocycles. The first-order valence-electron chi connectivity index (χ1n) is 3.95. The lowest BCUT2D eigenvalue weighted by Gasteiger charge is -2.20. The van der Waals surface area contributed by atoms with E-state index >= 15 is 0 Å². The normalized spacial score (nSPS) is 22.7. The van der Waals surface area contributed by atoms with Crippen LogP contribution in [0.2, 0.25) is 0 Å². The van der Waals surface area contributed by atoms with Crippen LogP contribution in [0.5, 0.6) is 0 Å². The molecule has 0 radical (unpaired) electrons. The molecule has 2 nitrogen and oxygen atoms in total. The van der Waals surface area contributed by atoms with E-state index in [1.54, 1.807) is 0 Å². The van der Waals surface area contributed by atoms with Crippen molar-refractivity contribution in [1.29, 1.82) is 0 Å². The van der Waals surface area contributed by atoms with Crippen LogP contribution in [-0.2, 0) is 17.3 Å². The van der Waals surface area contributed by atoms with E-state index in [1.807, 2.05) is 0 Å². The molecule has 0 aromatic carbocycles. The second kappa shape index (κ2) is 5.61. The van der Waals surface area contributed by atoms with Gasteiger partial charge in [0.05, 0.1) is 0 Å². The van der Waals surface area contributed by atoms with Gasteiger partial charge in [0.1, 0.15) is 0 Å². The summed E-state index contributed by atoms with van der Waals surface area (Å²) in [5.41, 5.74) is 0.538. The summed E-state index contributed by atoms with van der Waals surface area (Å²) in [6.07, 6.45) is 3.80. The molecule has 0 aliphatic carbocycles. The Morgan fingerprint density at radius 2 is 1.82 bits per heavy atom. The van der Waals surface area contributed by atoms with Gasteiger partial charge in [-0.3, -0.25) is 0 Å². The molecule has 0 spiro atoms. The smallest absolute Gasteiger partial charge is 0.197 e. The van der Waals surface area contributed by atoms with Crippen molar-refractivity contribution in [2.75, 3.05) is 13.2 Å². The second-order valence-corrected chi connectivity index (χ2v) is 3.63. The number of ether oxygens (including phenoxy) is 1. The summed E-state index contributed by atoms with van der Waals surface area (Å²) in [5, 5.41) is 0. The van der Waals surface area contributed by atoms with Gasteiger partial charge < -0.3 is 4.74 Å². The fourth-order valence-corrected chi connectivity index (χ4v) is 1.23. The van der Waals surface area contributed by atoms with Gasteiger partial charge in [-0.15, -0.1) is 0 Å². The Balaban J connectivity index is 0.000000461. The van der Waals surface area contributed by atoms with Crippen molar-refractivity contribution in [1.82, 2.24) is 0 Å². The molecule has 1 aliphatic rings. The van der Waals surface area contributed by atoms with Gasteiger partial charge in [-0.05, 0) is 24.7 Å². The number of hydrogen-bond acceptors (Lipinski definition) is 3. The molecule has 0 aromatic rings. The second-order valence-electron chi connectivity index (χ2n) is 3.63. The standard InChI is InChI=1S/C8H16O.OS/c1-8(2)4-3-6-9-7-5-8;1-2/h3-7H2,1-2H3;. The Kier molecular flexibility index (Phi) is 5.60. The van der Waals surface area contributed by atoms with Crippen molar-refractivity contribution in [3.8, 4) is 0 Å². The van der Waals surface area contributed by atoms with Crippen LogP contribution < -0.4 is 0 Å². The van der Waals surface area contributed by atoms with Gasteiger partial charge in [0, 0.05) is 13.2 Å². The maximum Gasteiger partial charge on any atom is 0.197 e. The number of rotatable bonds is 0. The molecule has 66 valence electrons. The van der Waals surface area contributed by atoms with Crippen LogP contribution in [0.3, 0.4) is 0 Å². The molecule has 1 aliphatic heterocycles. The summed E-state index contributed by atoms with van der Waals surface area (Å²) in [5.74, 6) is 0. The average Bonchev–Trinajstić information content (AvgIpc) is 2.17. The van der Waals surface area contributed by atoms with E-state index in [9.17, 15) is 0 Å². The van der Waals surface area contributed by atoms with E-state index in [4.69, 9.17) is 8.95 Å². The average molecular weight is 176 g/mol. The molecule has 0 unspecified atom stereocenters. The van der Waals surface area contributed by atoms with Crippen molar-refractivity contribution in [2.45, 2.75) is 33.1 Å². The zero-order valence-electron chi connectivity index (χ0n) is 7.26. The molecule has 1 fully saturated rings. The van der Waals surface area contributed by atoms with E-state index in [-0.39, 0.29) is 0 Å². The third-order valence-corrected chi connectivity index (χ3v) is 2.07. The van der Waals surface area contributed by atoms with Crippen LogP contribution in [0.25, 0.3) is 0 Å². The summed E-state index contributed by atoms with van der Waals surface area (Å²) in [7, 11) is 0. The monoisotopic (exact) mass is 176 g/mol. The van der Waals surface area contributed by atoms with Crippen LogP contribution in [-0.4, -0.2) is 17.4 Å². The van der Waals surface area contributed by atoms with Crippen molar-refractivity contribution in [3.63, 3.8) is 0 Å². The van der Waals surface area contributed by atoms with Gasteiger partial charge in [0.2, 0.25) is 0 Å². The summed E-state index contributed by atoms with van der Waals surface area (Å²) >= 11 is 2.83. The minimum Gasteiger partial charge on any atom is -0.381 e. The topological polar surface area (TPSA) is 26.3 Å². The largest absolute Gasteiger partial charge is 0.381 e. The van der Waals surface area contributed by atoms with Crippen molar-refractivity contribution >= 4 is 12.5 Å². The molecular formula is C8H16O2S. The van der Waals surface area contributed by atoms with Crippen molar-refractivity contribution in [2.24, 2.45) is 5.41 Å². The van der Waals surface area contributed by atoms with Crippen molar-refractivity contribution < 1.29 is 8.95 Å². The Labute approximate surface area is 73.8 Å². The molecular weight excluding hydrogens is 160 g/mol. The summed E-state index contributed by atoms with van der Waals surface area (Å²) < 4.78 is 13.2. The van der Waals surface area contributed by atoms with Gasteiger partial charge in [0.15, 0.2) is 12.5 Å². The van der Waals surface area contributed by atoms with E-state index in [0.717, 1.165) is 13.2 Å². The SMILES string of the molecule is CC1(C)CCCOCC1.O=S. The van der Waals surface area contributed by atoms with Crippen LogP contribution in [0.15, 0.2) is 0 Å². The quantitative estimate of drug-likeness (QED) is 0.563. The molecule has 0 amide bonds. The van der Waals surface area contributed by atoms with Gasteiger partial charge in [-0.25, -0.2) is 0 Å². The Hall–Kier alpha value is -0.0200. The zero-order chi connectivity index (χ0) is 8.74. The molecule has 0 atom stereocenters. The minimum absolute atomic E-state index is 0.538. The predicted molar refractivity (Wildman–Crippen MR) is 46.6 cm³/mol. The molecule has 11 heavy (non-hydrogen) atoms. The fraction of sp³-hybridized carbons (Fsp3) is 1.00. The van der Waals surface area contributed by atoms with Gasteiger partial charge in [-0.1, -0.05) is 13.8 Å². The summed E-state index contributed by atoms with van der Waals surface area (Å²) in [6.45, 7) is 6.58. The number of hydrogen-bond donors (Lipinski definition) is 0. The highest BCUT2D eigenvalue weighted by Gasteiger charge is 2.19. The highest BCUT2D eigenvalue weighted by molar-refractivity contribution is 7.44. The van der Waals surface area contributed by atoms with Gasteiger partial charge >= 0.3 is 0 Å². The van der Waals surface area contributed by atoms with E-state index in [2.05, 4.69) is 26.4 Å². The Bertz CT molecular complexity index is 94.3. The highest BCUT2D eigenvalue weighted by atomic mass is 32.1. The zero-order valence-corrected chi connectivity index (χ0v) is 8.08. The molecule has 0 saturated carbocycles. The summed E-state index contributed by atoms with van der Waals surface area (Å²) in [6, 6.07) is 0. The van der Waals surface area contributed by atoms with Crippen LogP contribution in [0.4, 0.5) is 0 Å². The lowest BCUT2D eigenvalue weighted by molar-refractivity contribution is 0.136. The third kappa shape index (κ3) is 5.27. The van der Waals surface area contributed by atoms with Crippen LogP contribution in [0.1, 0.15) is 33.1 Å². The molecule has 0 aromatic heterocycles. The highest BCUT2D eigenvalue weighted by Crippen LogP contribution is 2.28. The predicted octanol–water partition coefficient (Wildman–Crippen LogP) is 1.88. The van der Waals surface area contributed by atoms with Crippen LogP contribution in [0, 0.1) is 5.41 Å². The van der Waals surface area contributed by atoms with Gasteiger partial charge in [0.25, 0.3) is 0 Å². The molecule has 0 bridgehead atoms. The first-order valence-corrected chi connectivity index (χ1v) is 4.28. The fourth-order valence-electron chi connectivity index (χ4n) is 1.23. The first kappa shape index (κ1) is 11.0. The van der Waals surface area contributed by atoms with E-state index in [0.29, 0.717) is 5.41 Å². The Morgan fingerprint density at radius 1 is 1.18 bits per heavy atom. The van der Waals surface area contributed by atoms with Crippen molar-refractivity contribution in [3.05, 3.63) is 0 Å². The molecule has 1 rings (SSSR count). The maximum atomic E-state index is 7.83. The first-order chi connectivity index (χ1) is 5.21. The lowest BCUT2D eigenvalue weighted by atomic mass is 9.85. The minimum atomic E-state index is 0.538. The third-order valence-electron chi connectivity index (χ3n) is 2.07. The maximum absolute atomic E-state index is 7.83. The lowest BCUT2D eigenvalue weighted by Crippen LogP contribution is -2.10. The molecule has 0 N–H and O–H groups in total. The van der Waals surface area contributed by atoms with E-state index < -0.39 is 0 Å². The Morgan fingerprint density at radius 3 is 2.45 bits per heavy atom. The molecule has 1 saturated heterocycles. The van der Waals surface area contributed by atoms with E-state index in [1.165, 1.54) is 19.3 Å².